The first-order valence-electron chi connectivity index (χ1n) is 6.24. The lowest BCUT2D eigenvalue weighted by atomic mass is 10.1. The molecule has 0 atom stereocenters. The smallest absolute Gasteiger partial charge is 0.257 e. The van der Waals surface area contributed by atoms with Gasteiger partial charge in [0.15, 0.2) is 0 Å². The molecule has 1 amide bonds. The number of hydrogen-bond donors (Lipinski definition) is 1. The molecule has 18 heavy (non-hydrogen) atoms. The molecule has 0 aliphatic carbocycles. The quantitative estimate of drug-likeness (QED) is 0.877. The number of carbonyl (C=O) groups is 1. The predicted octanol–water partition coefficient (Wildman–Crippen LogP) is 1.24. The summed E-state index contributed by atoms with van der Waals surface area (Å²) < 4.78 is 1.89. The topological polar surface area (TPSA) is 50.2 Å². The molecule has 0 aromatic carbocycles. The maximum Gasteiger partial charge on any atom is 0.257 e. The van der Waals surface area contributed by atoms with Crippen LogP contribution < -0.4 is 5.32 Å². The van der Waals surface area contributed by atoms with Gasteiger partial charge in [0.25, 0.3) is 5.91 Å². The van der Waals surface area contributed by atoms with E-state index in [1.54, 1.807) is 11.1 Å². The molecule has 102 valence electrons. The maximum atomic E-state index is 12.3. The van der Waals surface area contributed by atoms with Crippen molar-refractivity contribution in [3.63, 3.8) is 0 Å². The van der Waals surface area contributed by atoms with Gasteiger partial charge in [-0.25, -0.2) is 0 Å². The molecule has 1 rings (SSSR count). The van der Waals surface area contributed by atoms with Crippen LogP contribution in [0.4, 0.5) is 0 Å². The van der Waals surface area contributed by atoms with Crippen molar-refractivity contribution in [2.45, 2.75) is 33.2 Å². The Bertz CT molecular complexity index is 417. The SMILES string of the molecule is CNCCN(C)C(=O)c1cnn(C(C)(C)C)c1C. The highest BCUT2D eigenvalue weighted by atomic mass is 16.2. The standard InChI is InChI=1S/C13H24N4O/c1-10-11(9-15-17(10)13(2,3)4)12(18)16(6)8-7-14-5/h9,14H,7-8H2,1-6H3. The van der Waals surface area contributed by atoms with Crippen molar-refractivity contribution < 1.29 is 4.79 Å². The van der Waals surface area contributed by atoms with Crippen LogP contribution >= 0.6 is 0 Å². The van der Waals surface area contributed by atoms with Gasteiger partial charge >= 0.3 is 0 Å². The van der Waals surface area contributed by atoms with Crippen molar-refractivity contribution >= 4 is 5.91 Å². The average Bonchev–Trinajstić information content (AvgIpc) is 2.66. The molecule has 1 aromatic rings. The Morgan fingerprint density at radius 1 is 1.50 bits per heavy atom. The summed E-state index contributed by atoms with van der Waals surface area (Å²) in [4.78, 5) is 14.0. The van der Waals surface area contributed by atoms with E-state index in [1.165, 1.54) is 0 Å². The molecule has 5 heteroatoms. The first kappa shape index (κ1) is 14.7. The molecule has 5 nitrogen and oxygen atoms in total. The Morgan fingerprint density at radius 2 is 2.11 bits per heavy atom. The highest BCUT2D eigenvalue weighted by Gasteiger charge is 2.22. The minimum atomic E-state index is -0.105. The Balaban J connectivity index is 2.91. The zero-order chi connectivity index (χ0) is 13.9. The van der Waals surface area contributed by atoms with E-state index in [0.29, 0.717) is 12.1 Å². The fourth-order valence-electron chi connectivity index (χ4n) is 1.88. The van der Waals surface area contributed by atoms with E-state index in [2.05, 4.69) is 31.2 Å². The van der Waals surface area contributed by atoms with Crippen LogP contribution in [0.1, 0.15) is 36.8 Å². The third-order valence-electron chi connectivity index (χ3n) is 2.92. The monoisotopic (exact) mass is 252 g/mol. The fraction of sp³-hybridized carbons (Fsp3) is 0.692. The predicted molar refractivity (Wildman–Crippen MR) is 72.8 cm³/mol. The molecule has 1 heterocycles. The van der Waals surface area contributed by atoms with Crippen LogP contribution in [0.25, 0.3) is 0 Å². The van der Waals surface area contributed by atoms with Crippen molar-refractivity contribution in [3.05, 3.63) is 17.5 Å². The average molecular weight is 252 g/mol. The Labute approximate surface area is 109 Å². The number of amides is 1. The van der Waals surface area contributed by atoms with E-state index in [1.807, 2.05) is 25.7 Å². The van der Waals surface area contributed by atoms with Crippen molar-refractivity contribution in [1.29, 1.82) is 0 Å². The van der Waals surface area contributed by atoms with Gasteiger partial charge in [-0.1, -0.05) is 0 Å². The van der Waals surface area contributed by atoms with E-state index < -0.39 is 0 Å². The van der Waals surface area contributed by atoms with Gasteiger partial charge in [0.2, 0.25) is 0 Å². The molecular weight excluding hydrogens is 228 g/mol. The molecule has 1 N–H and O–H groups in total. The minimum Gasteiger partial charge on any atom is -0.340 e. The third kappa shape index (κ3) is 3.10. The van der Waals surface area contributed by atoms with Gasteiger partial charge in [-0.2, -0.15) is 5.10 Å². The van der Waals surface area contributed by atoms with Crippen molar-refractivity contribution in [2.75, 3.05) is 27.2 Å². The molecule has 0 aliphatic rings. The first-order valence-corrected chi connectivity index (χ1v) is 6.24. The van der Waals surface area contributed by atoms with Gasteiger partial charge in [0.05, 0.1) is 17.3 Å². The van der Waals surface area contributed by atoms with Crippen LogP contribution in [0, 0.1) is 6.92 Å². The Morgan fingerprint density at radius 3 is 2.56 bits per heavy atom. The second kappa shape index (κ2) is 5.52. The summed E-state index contributed by atoms with van der Waals surface area (Å²) in [6, 6.07) is 0. The minimum absolute atomic E-state index is 0.0262. The number of hydrogen-bond acceptors (Lipinski definition) is 3. The second-order valence-electron chi connectivity index (χ2n) is 5.56. The molecule has 0 radical (unpaired) electrons. The molecule has 0 saturated carbocycles. The number of nitrogens with one attached hydrogen (secondary N) is 1. The summed E-state index contributed by atoms with van der Waals surface area (Å²) in [6.07, 6.45) is 1.67. The number of aromatic nitrogens is 2. The Kier molecular flexibility index (Phi) is 4.51. The summed E-state index contributed by atoms with van der Waals surface area (Å²) in [5.74, 6) is 0.0262. The number of rotatable bonds is 4. The van der Waals surface area contributed by atoms with E-state index in [-0.39, 0.29) is 11.4 Å². The van der Waals surface area contributed by atoms with Gasteiger partial charge in [-0.3, -0.25) is 9.48 Å². The largest absolute Gasteiger partial charge is 0.340 e. The van der Waals surface area contributed by atoms with Crippen molar-refractivity contribution in [3.8, 4) is 0 Å². The van der Waals surface area contributed by atoms with Gasteiger partial charge in [-0.15, -0.1) is 0 Å². The lowest BCUT2D eigenvalue weighted by molar-refractivity contribution is 0.0796. The van der Waals surface area contributed by atoms with E-state index in [4.69, 9.17) is 0 Å². The van der Waals surface area contributed by atoms with Crippen LogP contribution in [-0.2, 0) is 5.54 Å². The molecule has 0 aliphatic heterocycles. The fourth-order valence-corrected chi connectivity index (χ4v) is 1.88. The normalized spacial score (nSPS) is 11.7. The van der Waals surface area contributed by atoms with Gasteiger partial charge < -0.3 is 10.2 Å². The highest BCUT2D eigenvalue weighted by Crippen LogP contribution is 2.19. The molecule has 0 bridgehead atoms. The molecule has 0 unspecified atom stereocenters. The lowest BCUT2D eigenvalue weighted by Gasteiger charge is -2.22. The van der Waals surface area contributed by atoms with Crippen LogP contribution in [0.2, 0.25) is 0 Å². The van der Waals surface area contributed by atoms with E-state index in [0.717, 1.165) is 12.2 Å². The zero-order valence-electron chi connectivity index (χ0n) is 12.2. The summed E-state index contributed by atoms with van der Waals surface area (Å²) >= 11 is 0. The van der Waals surface area contributed by atoms with Crippen LogP contribution in [-0.4, -0.2) is 47.8 Å². The summed E-state index contributed by atoms with van der Waals surface area (Å²) in [5.41, 5.74) is 1.50. The maximum absolute atomic E-state index is 12.3. The summed E-state index contributed by atoms with van der Waals surface area (Å²) in [6.45, 7) is 9.64. The molecule has 0 saturated heterocycles. The number of likely N-dealkylation sites (N-methyl/N-ethyl adjacent to an activating group) is 2. The molecule has 1 aromatic heterocycles. The van der Waals surface area contributed by atoms with Crippen molar-refractivity contribution in [2.24, 2.45) is 0 Å². The van der Waals surface area contributed by atoms with Gasteiger partial charge in [-0.05, 0) is 34.7 Å². The van der Waals surface area contributed by atoms with Crippen LogP contribution in [0.3, 0.4) is 0 Å². The third-order valence-corrected chi connectivity index (χ3v) is 2.92. The van der Waals surface area contributed by atoms with Gasteiger partial charge in [0, 0.05) is 25.8 Å². The lowest BCUT2D eigenvalue weighted by Crippen LogP contribution is -2.33. The second-order valence-corrected chi connectivity index (χ2v) is 5.56. The molecule has 0 fully saturated rings. The molecular formula is C13H24N4O. The number of nitrogens with zero attached hydrogens (tertiary/aromatic N) is 3. The van der Waals surface area contributed by atoms with Crippen molar-refractivity contribution in [1.82, 2.24) is 20.0 Å². The Hall–Kier alpha value is -1.36. The van der Waals surface area contributed by atoms with Crippen LogP contribution in [0.15, 0.2) is 6.20 Å². The highest BCUT2D eigenvalue weighted by molar-refractivity contribution is 5.94. The first-order chi connectivity index (χ1) is 8.29. The molecule has 0 spiro atoms. The number of carbonyl (C=O) groups excluding carboxylic acids is 1. The van der Waals surface area contributed by atoms with Crippen LogP contribution in [0.5, 0.6) is 0 Å². The zero-order valence-corrected chi connectivity index (χ0v) is 12.2. The summed E-state index contributed by atoms with van der Waals surface area (Å²) in [5, 5.41) is 7.36. The van der Waals surface area contributed by atoms with E-state index in [9.17, 15) is 4.79 Å². The summed E-state index contributed by atoms with van der Waals surface area (Å²) in [7, 11) is 3.69. The van der Waals surface area contributed by atoms with E-state index >= 15 is 0 Å². The van der Waals surface area contributed by atoms with Gasteiger partial charge in [0.1, 0.15) is 0 Å².